The molecule has 0 aromatic rings. The summed E-state index contributed by atoms with van der Waals surface area (Å²) < 4.78 is 0. The lowest BCUT2D eigenvalue weighted by Crippen LogP contribution is -2.44. The zero-order chi connectivity index (χ0) is 8.39. The fourth-order valence-corrected chi connectivity index (χ4v) is 2.33. The van der Waals surface area contributed by atoms with Gasteiger partial charge in [-0.15, -0.1) is 0 Å². The van der Waals surface area contributed by atoms with Crippen molar-refractivity contribution in [1.82, 2.24) is 10.2 Å². The first kappa shape index (κ1) is 8.52. The van der Waals surface area contributed by atoms with Crippen LogP contribution in [-0.2, 0) is 0 Å². The van der Waals surface area contributed by atoms with Crippen LogP contribution in [0.2, 0.25) is 0 Å². The van der Waals surface area contributed by atoms with E-state index in [0.717, 1.165) is 12.0 Å². The maximum absolute atomic E-state index is 3.43. The van der Waals surface area contributed by atoms with Crippen LogP contribution in [-0.4, -0.2) is 37.1 Å². The van der Waals surface area contributed by atoms with Gasteiger partial charge in [0.15, 0.2) is 0 Å². The summed E-state index contributed by atoms with van der Waals surface area (Å²) in [5, 5.41) is 3.43. The third-order valence-electron chi connectivity index (χ3n) is 3.35. The lowest BCUT2D eigenvalue weighted by atomic mass is 9.97. The molecule has 0 aromatic heterocycles. The van der Waals surface area contributed by atoms with Crippen LogP contribution in [0.4, 0.5) is 0 Å². The fourth-order valence-electron chi connectivity index (χ4n) is 2.33. The van der Waals surface area contributed by atoms with Gasteiger partial charge < -0.3 is 10.2 Å². The van der Waals surface area contributed by atoms with Crippen LogP contribution in [0.1, 0.15) is 26.2 Å². The molecule has 0 bridgehead atoms. The van der Waals surface area contributed by atoms with Gasteiger partial charge in [-0.2, -0.15) is 0 Å². The average molecular weight is 168 g/mol. The normalized spacial score (nSPS) is 33.2. The molecule has 2 aliphatic rings. The Morgan fingerprint density at radius 2 is 2.33 bits per heavy atom. The Morgan fingerprint density at radius 1 is 1.50 bits per heavy atom. The van der Waals surface area contributed by atoms with Crippen LogP contribution in [0.15, 0.2) is 0 Å². The van der Waals surface area contributed by atoms with Crippen molar-refractivity contribution in [2.45, 2.75) is 32.2 Å². The highest BCUT2D eigenvalue weighted by molar-refractivity contribution is 4.80. The Morgan fingerprint density at radius 3 is 2.83 bits per heavy atom. The first-order valence-corrected chi connectivity index (χ1v) is 5.31. The van der Waals surface area contributed by atoms with E-state index >= 15 is 0 Å². The third-order valence-corrected chi connectivity index (χ3v) is 3.35. The molecule has 2 fully saturated rings. The Balaban J connectivity index is 1.69. The molecule has 2 saturated heterocycles. The fraction of sp³-hybridized carbons (Fsp3) is 1.00. The number of hydrogen-bond acceptors (Lipinski definition) is 2. The Bertz CT molecular complexity index is 137. The van der Waals surface area contributed by atoms with E-state index in [1.165, 1.54) is 45.4 Å². The topological polar surface area (TPSA) is 15.3 Å². The van der Waals surface area contributed by atoms with Gasteiger partial charge >= 0.3 is 0 Å². The van der Waals surface area contributed by atoms with Crippen molar-refractivity contribution in [3.8, 4) is 0 Å². The van der Waals surface area contributed by atoms with Gasteiger partial charge in [-0.25, -0.2) is 0 Å². The first-order valence-electron chi connectivity index (χ1n) is 5.31. The second kappa shape index (κ2) is 3.75. The lowest BCUT2D eigenvalue weighted by molar-refractivity contribution is 0.112. The molecular weight excluding hydrogens is 148 g/mol. The van der Waals surface area contributed by atoms with E-state index in [4.69, 9.17) is 0 Å². The summed E-state index contributed by atoms with van der Waals surface area (Å²) in [6, 6.07) is 0.837. The van der Waals surface area contributed by atoms with E-state index < -0.39 is 0 Å². The highest BCUT2D eigenvalue weighted by atomic mass is 15.2. The van der Waals surface area contributed by atoms with E-state index in [2.05, 4.69) is 17.1 Å². The van der Waals surface area contributed by atoms with Gasteiger partial charge in [0.2, 0.25) is 0 Å². The highest BCUT2D eigenvalue weighted by Gasteiger charge is 2.24. The predicted molar refractivity (Wildman–Crippen MR) is 51.2 cm³/mol. The van der Waals surface area contributed by atoms with E-state index in [1.54, 1.807) is 0 Å². The lowest BCUT2D eigenvalue weighted by Gasteiger charge is -2.37. The molecule has 0 aromatic carbocycles. The summed E-state index contributed by atoms with van der Waals surface area (Å²) in [7, 11) is 0. The number of nitrogens with one attached hydrogen (secondary N) is 1. The summed E-state index contributed by atoms with van der Waals surface area (Å²) in [5.74, 6) is 0.959. The van der Waals surface area contributed by atoms with Gasteiger partial charge in [0.25, 0.3) is 0 Å². The van der Waals surface area contributed by atoms with Crippen LogP contribution in [0.3, 0.4) is 0 Å². The van der Waals surface area contributed by atoms with Crippen molar-refractivity contribution in [2.24, 2.45) is 5.92 Å². The van der Waals surface area contributed by atoms with Crippen molar-refractivity contribution in [3.05, 3.63) is 0 Å². The summed E-state index contributed by atoms with van der Waals surface area (Å²) >= 11 is 0. The van der Waals surface area contributed by atoms with Crippen LogP contribution in [0.25, 0.3) is 0 Å². The summed E-state index contributed by atoms with van der Waals surface area (Å²) in [4.78, 5) is 2.61. The number of likely N-dealkylation sites (tertiary alicyclic amines) is 1. The van der Waals surface area contributed by atoms with E-state index in [-0.39, 0.29) is 0 Å². The molecule has 0 spiro atoms. The average Bonchev–Trinajstić information content (AvgIpc) is 2.34. The molecule has 0 saturated carbocycles. The second-order valence-corrected chi connectivity index (χ2v) is 4.33. The van der Waals surface area contributed by atoms with Crippen LogP contribution in [0.5, 0.6) is 0 Å². The zero-order valence-corrected chi connectivity index (χ0v) is 8.05. The highest BCUT2D eigenvalue weighted by Crippen LogP contribution is 2.20. The molecule has 2 unspecified atom stereocenters. The van der Waals surface area contributed by atoms with Gasteiger partial charge in [0.1, 0.15) is 0 Å². The van der Waals surface area contributed by atoms with E-state index in [1.807, 2.05) is 0 Å². The van der Waals surface area contributed by atoms with E-state index in [9.17, 15) is 0 Å². The molecule has 1 N–H and O–H groups in total. The van der Waals surface area contributed by atoms with Gasteiger partial charge in [0.05, 0.1) is 0 Å². The molecule has 0 radical (unpaired) electrons. The SMILES string of the molecule is CC(CC1CCNC1)N1CCC1. The molecule has 2 aliphatic heterocycles. The maximum Gasteiger partial charge on any atom is 0.00700 e. The largest absolute Gasteiger partial charge is 0.316 e. The van der Waals surface area contributed by atoms with Crippen LogP contribution < -0.4 is 5.32 Å². The van der Waals surface area contributed by atoms with Crippen molar-refractivity contribution < 1.29 is 0 Å². The molecule has 2 heterocycles. The number of nitrogens with zero attached hydrogens (tertiary/aromatic N) is 1. The van der Waals surface area contributed by atoms with Gasteiger partial charge in [-0.05, 0) is 58.3 Å². The molecule has 12 heavy (non-hydrogen) atoms. The van der Waals surface area contributed by atoms with E-state index in [0.29, 0.717) is 0 Å². The van der Waals surface area contributed by atoms with Crippen LogP contribution in [0, 0.1) is 5.92 Å². The van der Waals surface area contributed by atoms with Crippen molar-refractivity contribution in [3.63, 3.8) is 0 Å². The Labute approximate surface area is 75.3 Å². The standard InChI is InChI=1S/C10H20N2/c1-9(12-5-2-6-12)7-10-3-4-11-8-10/h9-11H,2-8H2,1H3. The van der Waals surface area contributed by atoms with Crippen molar-refractivity contribution >= 4 is 0 Å². The second-order valence-electron chi connectivity index (χ2n) is 4.33. The molecule has 2 rings (SSSR count). The predicted octanol–water partition coefficient (Wildman–Crippen LogP) is 1.08. The summed E-state index contributed by atoms with van der Waals surface area (Å²) in [5.41, 5.74) is 0. The van der Waals surface area contributed by atoms with Crippen molar-refractivity contribution in [2.75, 3.05) is 26.2 Å². The Hall–Kier alpha value is -0.0800. The van der Waals surface area contributed by atoms with Crippen LogP contribution >= 0.6 is 0 Å². The minimum Gasteiger partial charge on any atom is -0.316 e. The molecule has 70 valence electrons. The van der Waals surface area contributed by atoms with Crippen molar-refractivity contribution in [1.29, 1.82) is 0 Å². The number of hydrogen-bond donors (Lipinski definition) is 1. The number of rotatable bonds is 3. The quantitative estimate of drug-likeness (QED) is 0.678. The van der Waals surface area contributed by atoms with Gasteiger partial charge in [-0.1, -0.05) is 0 Å². The monoisotopic (exact) mass is 168 g/mol. The van der Waals surface area contributed by atoms with Gasteiger partial charge in [-0.3, -0.25) is 0 Å². The molecular formula is C10H20N2. The maximum atomic E-state index is 3.43. The molecule has 2 atom stereocenters. The summed E-state index contributed by atoms with van der Waals surface area (Å²) in [6.07, 6.45) is 4.23. The molecule has 0 aliphatic carbocycles. The summed E-state index contributed by atoms with van der Waals surface area (Å²) in [6.45, 7) is 7.59. The minimum atomic E-state index is 0.837. The van der Waals surface area contributed by atoms with Gasteiger partial charge in [0, 0.05) is 6.04 Å². The smallest absolute Gasteiger partial charge is 0.00700 e. The molecule has 0 amide bonds. The Kier molecular flexibility index (Phi) is 2.66. The minimum absolute atomic E-state index is 0.837. The molecule has 2 nitrogen and oxygen atoms in total. The zero-order valence-electron chi connectivity index (χ0n) is 8.05. The first-order chi connectivity index (χ1) is 5.86. The third kappa shape index (κ3) is 1.80. The molecule has 2 heteroatoms.